The molecule has 0 aliphatic carbocycles. The topological polar surface area (TPSA) is 57.7 Å². The molecule has 1 aromatic rings. The Morgan fingerprint density at radius 3 is 3.09 bits per heavy atom. The first kappa shape index (κ1) is 17.7. The Balaban J connectivity index is 1.87. The standard InChI is InChI=1S/C16H26N4O2S/c1-12(23-4)10-18-16(21)20-9-7-13(11-20)22-14-6-5-8-17-15(14)19(2)3/h5-6,8,12-13H,7,9-11H2,1-4H3,(H,18,21). The first-order valence-electron chi connectivity index (χ1n) is 7.85. The molecule has 7 heteroatoms. The highest BCUT2D eigenvalue weighted by Crippen LogP contribution is 2.26. The maximum absolute atomic E-state index is 12.2. The summed E-state index contributed by atoms with van der Waals surface area (Å²) in [5, 5.41) is 3.40. The van der Waals surface area contributed by atoms with Crippen molar-refractivity contribution in [2.45, 2.75) is 24.7 Å². The third-order valence-electron chi connectivity index (χ3n) is 3.84. The lowest BCUT2D eigenvalue weighted by molar-refractivity contribution is 0.187. The van der Waals surface area contributed by atoms with Crippen LogP contribution in [0.25, 0.3) is 0 Å². The number of pyridine rings is 1. The molecule has 23 heavy (non-hydrogen) atoms. The van der Waals surface area contributed by atoms with Crippen molar-refractivity contribution in [3.8, 4) is 5.75 Å². The van der Waals surface area contributed by atoms with Gasteiger partial charge >= 0.3 is 6.03 Å². The number of thioether (sulfide) groups is 1. The van der Waals surface area contributed by atoms with Crippen LogP contribution < -0.4 is 15.0 Å². The average Bonchev–Trinajstić information content (AvgIpc) is 3.01. The summed E-state index contributed by atoms with van der Waals surface area (Å²) < 4.78 is 6.06. The molecule has 0 saturated carbocycles. The number of urea groups is 1. The van der Waals surface area contributed by atoms with Crippen LogP contribution in [-0.2, 0) is 0 Å². The van der Waals surface area contributed by atoms with Gasteiger partial charge in [0, 0.05) is 45.1 Å². The smallest absolute Gasteiger partial charge is 0.317 e. The number of likely N-dealkylation sites (tertiary alicyclic amines) is 1. The zero-order valence-electron chi connectivity index (χ0n) is 14.3. The first-order valence-corrected chi connectivity index (χ1v) is 9.14. The molecule has 0 aromatic carbocycles. The molecule has 1 aromatic heterocycles. The number of carbonyl (C=O) groups excluding carboxylic acids is 1. The quantitative estimate of drug-likeness (QED) is 0.860. The fraction of sp³-hybridized carbons (Fsp3) is 0.625. The summed E-state index contributed by atoms with van der Waals surface area (Å²) in [7, 11) is 3.88. The number of aromatic nitrogens is 1. The van der Waals surface area contributed by atoms with E-state index in [1.54, 1.807) is 18.0 Å². The predicted octanol–water partition coefficient (Wildman–Crippen LogP) is 2.06. The molecule has 2 atom stereocenters. The maximum atomic E-state index is 12.2. The van der Waals surface area contributed by atoms with Crippen molar-refractivity contribution in [3.63, 3.8) is 0 Å². The lowest BCUT2D eigenvalue weighted by Crippen LogP contribution is -2.41. The Bertz CT molecular complexity index is 527. The van der Waals surface area contributed by atoms with Crippen LogP contribution in [0.2, 0.25) is 0 Å². The minimum atomic E-state index is -0.00369. The monoisotopic (exact) mass is 338 g/mol. The van der Waals surface area contributed by atoms with Crippen molar-refractivity contribution in [2.75, 3.05) is 44.9 Å². The Hall–Kier alpha value is -1.63. The van der Waals surface area contributed by atoms with Crippen molar-refractivity contribution in [2.24, 2.45) is 0 Å². The van der Waals surface area contributed by atoms with Gasteiger partial charge in [-0.25, -0.2) is 9.78 Å². The van der Waals surface area contributed by atoms with Crippen LogP contribution in [0.1, 0.15) is 13.3 Å². The fourth-order valence-corrected chi connectivity index (χ4v) is 2.67. The Kier molecular flexibility index (Phi) is 6.38. The molecule has 0 bridgehead atoms. The zero-order valence-corrected chi connectivity index (χ0v) is 15.1. The number of nitrogens with zero attached hydrogens (tertiary/aromatic N) is 3. The van der Waals surface area contributed by atoms with Gasteiger partial charge in [-0.1, -0.05) is 6.92 Å². The molecule has 1 aliphatic heterocycles. The highest BCUT2D eigenvalue weighted by molar-refractivity contribution is 7.99. The van der Waals surface area contributed by atoms with Gasteiger partial charge < -0.3 is 19.9 Å². The second kappa shape index (κ2) is 8.29. The largest absolute Gasteiger partial charge is 0.485 e. The number of carbonyl (C=O) groups is 1. The molecule has 128 valence electrons. The van der Waals surface area contributed by atoms with Gasteiger partial charge in [0.15, 0.2) is 11.6 Å². The number of ether oxygens (including phenoxy) is 1. The van der Waals surface area contributed by atoms with E-state index >= 15 is 0 Å². The van der Waals surface area contributed by atoms with Crippen LogP contribution >= 0.6 is 11.8 Å². The average molecular weight is 338 g/mol. The van der Waals surface area contributed by atoms with Gasteiger partial charge in [0.05, 0.1) is 6.54 Å². The van der Waals surface area contributed by atoms with Gasteiger partial charge in [-0.15, -0.1) is 0 Å². The van der Waals surface area contributed by atoms with Gasteiger partial charge in [0.25, 0.3) is 0 Å². The molecule has 2 amide bonds. The first-order chi connectivity index (χ1) is 11.0. The molecule has 6 nitrogen and oxygen atoms in total. The lowest BCUT2D eigenvalue weighted by atomic mass is 10.3. The fourth-order valence-electron chi connectivity index (χ4n) is 2.42. The zero-order chi connectivity index (χ0) is 16.8. The number of hydrogen-bond acceptors (Lipinski definition) is 5. The van der Waals surface area contributed by atoms with E-state index in [-0.39, 0.29) is 12.1 Å². The Morgan fingerprint density at radius 1 is 1.61 bits per heavy atom. The summed E-state index contributed by atoms with van der Waals surface area (Å²) in [4.78, 5) is 20.3. The Labute approximate surface area is 142 Å². The summed E-state index contributed by atoms with van der Waals surface area (Å²) in [5.74, 6) is 1.57. The van der Waals surface area contributed by atoms with Gasteiger partial charge in [-0.3, -0.25) is 0 Å². The summed E-state index contributed by atoms with van der Waals surface area (Å²) in [6.07, 6.45) is 4.66. The number of rotatable bonds is 6. The molecule has 1 N–H and O–H groups in total. The molecule has 1 saturated heterocycles. The SMILES string of the molecule is CSC(C)CNC(=O)N1CCC(Oc2cccnc2N(C)C)C1. The third kappa shape index (κ3) is 4.92. The molecular weight excluding hydrogens is 312 g/mol. The van der Waals surface area contributed by atoms with E-state index in [1.165, 1.54) is 0 Å². The van der Waals surface area contributed by atoms with Crippen LogP contribution in [0.5, 0.6) is 5.75 Å². The normalized spacial score (nSPS) is 18.6. The van der Waals surface area contributed by atoms with Crippen molar-refractivity contribution < 1.29 is 9.53 Å². The highest BCUT2D eigenvalue weighted by atomic mass is 32.2. The number of amides is 2. The van der Waals surface area contributed by atoms with Crippen molar-refractivity contribution in [3.05, 3.63) is 18.3 Å². The number of hydrogen-bond donors (Lipinski definition) is 1. The molecule has 0 radical (unpaired) electrons. The minimum Gasteiger partial charge on any atom is -0.485 e. The van der Waals surface area contributed by atoms with Gasteiger partial charge in [-0.2, -0.15) is 11.8 Å². The predicted molar refractivity (Wildman–Crippen MR) is 95.5 cm³/mol. The van der Waals surface area contributed by atoms with E-state index in [0.29, 0.717) is 18.3 Å². The van der Waals surface area contributed by atoms with E-state index in [1.807, 2.05) is 42.3 Å². The van der Waals surface area contributed by atoms with E-state index in [4.69, 9.17) is 4.74 Å². The summed E-state index contributed by atoms with van der Waals surface area (Å²) >= 11 is 1.75. The minimum absolute atomic E-state index is 0.00369. The van der Waals surface area contributed by atoms with E-state index in [0.717, 1.165) is 24.5 Å². The number of anilines is 1. The lowest BCUT2D eigenvalue weighted by Gasteiger charge is -2.21. The molecule has 2 heterocycles. The second-order valence-electron chi connectivity index (χ2n) is 5.93. The highest BCUT2D eigenvalue weighted by Gasteiger charge is 2.28. The van der Waals surface area contributed by atoms with Crippen LogP contribution in [-0.4, -0.2) is 67.3 Å². The molecule has 1 aliphatic rings. The molecule has 2 rings (SSSR count). The molecule has 2 unspecified atom stereocenters. The van der Waals surface area contributed by atoms with Crippen LogP contribution in [0.15, 0.2) is 18.3 Å². The van der Waals surface area contributed by atoms with Crippen LogP contribution in [0.3, 0.4) is 0 Å². The van der Waals surface area contributed by atoms with Crippen LogP contribution in [0, 0.1) is 0 Å². The molecule has 1 fully saturated rings. The van der Waals surface area contributed by atoms with Crippen molar-refractivity contribution >= 4 is 23.6 Å². The van der Waals surface area contributed by atoms with E-state index in [2.05, 4.69) is 17.2 Å². The van der Waals surface area contributed by atoms with Crippen LogP contribution in [0.4, 0.5) is 10.6 Å². The van der Waals surface area contributed by atoms with Gasteiger partial charge in [0.2, 0.25) is 0 Å². The van der Waals surface area contributed by atoms with Crippen molar-refractivity contribution in [1.82, 2.24) is 15.2 Å². The van der Waals surface area contributed by atoms with Gasteiger partial charge in [0.1, 0.15) is 6.10 Å². The van der Waals surface area contributed by atoms with E-state index in [9.17, 15) is 4.79 Å². The second-order valence-corrected chi connectivity index (χ2v) is 7.20. The maximum Gasteiger partial charge on any atom is 0.317 e. The van der Waals surface area contributed by atoms with Gasteiger partial charge in [-0.05, 0) is 18.4 Å². The molecular formula is C16H26N4O2S. The van der Waals surface area contributed by atoms with Crippen molar-refractivity contribution in [1.29, 1.82) is 0 Å². The third-order valence-corrected chi connectivity index (χ3v) is 4.81. The summed E-state index contributed by atoms with van der Waals surface area (Å²) in [5.41, 5.74) is 0. The Morgan fingerprint density at radius 2 is 2.39 bits per heavy atom. The van der Waals surface area contributed by atoms with E-state index < -0.39 is 0 Å². The molecule has 0 spiro atoms. The summed E-state index contributed by atoms with van der Waals surface area (Å²) in [6, 6.07) is 3.78. The number of nitrogens with one attached hydrogen (secondary N) is 1. The summed E-state index contributed by atoms with van der Waals surface area (Å²) in [6.45, 7) is 4.13.